The molecule has 5 aliphatic rings. The van der Waals surface area contributed by atoms with E-state index in [1.807, 2.05) is 6.08 Å². The number of fused-ring (bicyclic) bond motifs is 7. The third-order valence-corrected chi connectivity index (χ3v) is 9.97. The summed E-state index contributed by atoms with van der Waals surface area (Å²) < 4.78 is 0. The van der Waals surface area contributed by atoms with Crippen molar-refractivity contribution in [2.24, 2.45) is 47.3 Å². The molecule has 8 nitrogen and oxygen atoms in total. The van der Waals surface area contributed by atoms with E-state index in [0.29, 0.717) is 36.5 Å². The Bertz CT molecular complexity index is 1080. The maximum atomic E-state index is 13.5. The van der Waals surface area contributed by atoms with Crippen molar-refractivity contribution in [1.29, 1.82) is 0 Å². The molecule has 2 amide bonds. The molecular formula is C29H37N2NaO6. The number of aliphatic hydroxyl groups is 1. The van der Waals surface area contributed by atoms with E-state index in [1.54, 1.807) is 6.08 Å². The molecule has 3 aliphatic carbocycles. The third kappa shape index (κ3) is 5.21. The summed E-state index contributed by atoms with van der Waals surface area (Å²) in [5.74, 6) is -0.0454. The molecule has 3 saturated carbocycles. The zero-order chi connectivity index (χ0) is 26.4. The van der Waals surface area contributed by atoms with Gasteiger partial charge in [-0.15, -0.1) is 0 Å². The van der Waals surface area contributed by atoms with Gasteiger partial charge in [-0.3, -0.25) is 19.2 Å². The topological polar surface area (TPSA) is 136 Å². The second kappa shape index (κ2) is 11.8. The summed E-state index contributed by atoms with van der Waals surface area (Å²) >= 11 is 0. The Morgan fingerprint density at radius 1 is 1.11 bits per heavy atom. The first-order valence-corrected chi connectivity index (χ1v) is 13.8. The van der Waals surface area contributed by atoms with Crippen molar-refractivity contribution in [3.8, 4) is 0 Å². The largest absolute Gasteiger partial charge is 1.00 e. The van der Waals surface area contributed by atoms with Gasteiger partial charge in [0.15, 0.2) is 5.78 Å². The van der Waals surface area contributed by atoms with Crippen molar-refractivity contribution in [2.45, 2.75) is 64.5 Å². The predicted octanol–water partition coefficient (Wildman–Crippen LogP) is -1.80. The van der Waals surface area contributed by atoms with E-state index in [0.717, 1.165) is 19.3 Å². The summed E-state index contributed by atoms with van der Waals surface area (Å²) in [6, 6.07) is -1.21. The fourth-order valence-electron chi connectivity index (χ4n) is 8.24. The molecule has 3 N–H and O–H groups in total. The van der Waals surface area contributed by atoms with Crippen LogP contribution >= 0.6 is 0 Å². The van der Waals surface area contributed by atoms with Crippen LogP contribution < -0.4 is 45.3 Å². The summed E-state index contributed by atoms with van der Waals surface area (Å²) in [5.41, 5.74) is -0.484. The van der Waals surface area contributed by atoms with E-state index >= 15 is 0 Å². The van der Waals surface area contributed by atoms with E-state index in [4.69, 9.17) is 0 Å². The fourth-order valence-corrected chi connectivity index (χ4v) is 8.24. The van der Waals surface area contributed by atoms with Gasteiger partial charge in [-0.25, -0.2) is 0 Å². The molecule has 1 saturated heterocycles. The van der Waals surface area contributed by atoms with Gasteiger partial charge in [0.2, 0.25) is 5.91 Å². The first-order chi connectivity index (χ1) is 17.7. The van der Waals surface area contributed by atoms with Crippen LogP contribution in [0.4, 0.5) is 0 Å². The van der Waals surface area contributed by atoms with E-state index in [9.17, 15) is 29.4 Å². The number of allylic oxidation sites excluding steroid dienone is 3. The molecule has 2 unspecified atom stereocenters. The van der Waals surface area contributed by atoms with Crippen molar-refractivity contribution < 1.29 is 58.9 Å². The smallest absolute Gasteiger partial charge is 0.872 e. The molecule has 0 aromatic carbocycles. The van der Waals surface area contributed by atoms with Crippen LogP contribution in [0.15, 0.2) is 35.6 Å². The van der Waals surface area contributed by atoms with Crippen LogP contribution in [0.3, 0.4) is 0 Å². The fraction of sp³-hybridized carbons (Fsp3) is 0.655. The van der Waals surface area contributed by atoms with Crippen molar-refractivity contribution in [3.63, 3.8) is 0 Å². The molecule has 10 atom stereocenters. The van der Waals surface area contributed by atoms with Crippen LogP contribution in [0.25, 0.3) is 0 Å². The van der Waals surface area contributed by atoms with Crippen LogP contribution in [-0.4, -0.2) is 47.2 Å². The summed E-state index contributed by atoms with van der Waals surface area (Å²) in [6.45, 7) is 4.65. The maximum absolute atomic E-state index is 13.5. The van der Waals surface area contributed by atoms with Gasteiger partial charge in [-0.2, -0.15) is 0 Å². The Balaban J connectivity index is 0.00000336. The Morgan fingerprint density at radius 2 is 1.87 bits per heavy atom. The first-order valence-electron chi connectivity index (χ1n) is 13.8. The molecule has 0 aromatic heterocycles. The molecule has 9 heteroatoms. The monoisotopic (exact) mass is 532 g/mol. The van der Waals surface area contributed by atoms with E-state index in [-0.39, 0.29) is 77.9 Å². The number of ketones is 2. The van der Waals surface area contributed by atoms with E-state index < -0.39 is 35.2 Å². The number of Topliss-reactive ketones (excluding diaryl/α,β-unsaturated/α-hetero) is 2. The SMILES string of the molecule is CC[C@H]1C[C@@H]2C[C@@H]3[C@@H]4C/C=C\C(=O)NCCC(O)C5NC(=O)/C(=C([O-])\C=C\[C@H]4CC(=O)[C@@H]3[C@@H]2[C@H]1C)C5=O.[Na+]. The number of hydrogen-bond donors (Lipinski definition) is 3. The number of rotatable bonds is 1. The first kappa shape index (κ1) is 29.2. The second-order valence-corrected chi connectivity index (χ2v) is 11.7. The molecule has 2 heterocycles. The molecule has 0 radical (unpaired) electrons. The van der Waals surface area contributed by atoms with Gasteiger partial charge in [0.05, 0.1) is 11.7 Å². The predicted molar refractivity (Wildman–Crippen MR) is 133 cm³/mol. The Labute approximate surface area is 246 Å². The zero-order valence-corrected chi connectivity index (χ0v) is 24.5. The molecule has 5 rings (SSSR count). The van der Waals surface area contributed by atoms with Crippen molar-refractivity contribution in [3.05, 3.63) is 35.6 Å². The minimum atomic E-state index is -1.23. The molecule has 4 fully saturated rings. The number of carbonyl (C=O) groups is 4. The van der Waals surface area contributed by atoms with Gasteiger partial charge >= 0.3 is 29.6 Å². The summed E-state index contributed by atoms with van der Waals surface area (Å²) in [6.07, 6.45) is 9.37. The van der Waals surface area contributed by atoms with Crippen LogP contribution in [0, 0.1) is 47.3 Å². The van der Waals surface area contributed by atoms with E-state index in [1.165, 1.54) is 12.2 Å². The Hall–Kier alpha value is -1.74. The minimum absolute atomic E-state index is 0. The van der Waals surface area contributed by atoms with Crippen molar-refractivity contribution >= 4 is 23.4 Å². The minimum Gasteiger partial charge on any atom is -0.872 e. The van der Waals surface area contributed by atoms with E-state index in [2.05, 4.69) is 24.5 Å². The van der Waals surface area contributed by atoms with Crippen molar-refractivity contribution in [1.82, 2.24) is 10.6 Å². The average molecular weight is 533 g/mol. The Kier molecular flexibility index (Phi) is 9.07. The summed E-state index contributed by atoms with van der Waals surface area (Å²) in [5, 5.41) is 28.4. The summed E-state index contributed by atoms with van der Waals surface area (Å²) in [4.78, 5) is 51.1. The van der Waals surface area contributed by atoms with Gasteiger partial charge in [0, 0.05) is 18.9 Å². The third-order valence-electron chi connectivity index (χ3n) is 9.97. The van der Waals surface area contributed by atoms with Gasteiger partial charge < -0.3 is 20.8 Å². The number of aliphatic hydroxyl groups excluding tert-OH is 1. The Morgan fingerprint density at radius 3 is 2.61 bits per heavy atom. The maximum Gasteiger partial charge on any atom is 1.00 e. The van der Waals surface area contributed by atoms with Gasteiger partial charge in [0.1, 0.15) is 11.8 Å². The molecule has 0 spiro atoms. The standard InChI is InChI=1S/C29H38N2O6.Na/c1-3-15-11-17-12-19-18-5-4-6-23(35)30-10-9-21(33)27-28(36)26(29(37)31-27)20(32)8-7-16(18)13-22(34)25(19)24(17)14(15)2;/h4,6-8,14-19,21,24-25,27,32-33H,3,5,9-13H2,1-2H3,(H,30,35)(H,31,37);/q;+1/p-1/b6-4-,8-7+,26-20+;/t14-,15-,16-,17+,18+,19+,21?,24+,25+,27?;/m0./s1. The molecule has 38 heavy (non-hydrogen) atoms. The van der Waals surface area contributed by atoms with Crippen LogP contribution in [0.2, 0.25) is 0 Å². The molecular weight excluding hydrogens is 495 g/mol. The van der Waals surface area contributed by atoms with Crippen LogP contribution in [0.5, 0.6) is 0 Å². The number of carbonyl (C=O) groups excluding carboxylic acids is 4. The number of hydrogen-bond acceptors (Lipinski definition) is 6. The van der Waals surface area contributed by atoms with Crippen molar-refractivity contribution in [2.75, 3.05) is 6.54 Å². The summed E-state index contributed by atoms with van der Waals surface area (Å²) in [7, 11) is 0. The number of amides is 2. The molecule has 200 valence electrons. The zero-order valence-electron chi connectivity index (χ0n) is 22.5. The second-order valence-electron chi connectivity index (χ2n) is 11.7. The van der Waals surface area contributed by atoms with Gasteiger partial charge in [0.25, 0.3) is 5.91 Å². The molecule has 0 aromatic rings. The normalized spacial score (nSPS) is 44.8. The van der Waals surface area contributed by atoms with Crippen LogP contribution in [0.1, 0.15) is 52.4 Å². The number of nitrogens with one attached hydrogen (secondary N) is 2. The van der Waals surface area contributed by atoms with Gasteiger partial charge in [-0.1, -0.05) is 44.3 Å². The molecule has 2 aliphatic heterocycles. The molecule has 2 bridgehead atoms. The van der Waals surface area contributed by atoms with Gasteiger partial charge in [-0.05, 0) is 73.2 Å². The average Bonchev–Trinajstić information content (AvgIpc) is 3.48. The van der Waals surface area contributed by atoms with Crippen LogP contribution in [-0.2, 0) is 19.2 Å². The quantitative estimate of drug-likeness (QED) is 0.269.